The summed E-state index contributed by atoms with van der Waals surface area (Å²) < 4.78 is 5.72. The molecule has 1 saturated carbocycles. The maximum Gasteiger partial charge on any atom is 0.323 e. The van der Waals surface area contributed by atoms with Crippen molar-refractivity contribution in [2.45, 2.75) is 64.5 Å². The van der Waals surface area contributed by atoms with E-state index in [1.165, 1.54) is 12.8 Å². The van der Waals surface area contributed by atoms with Crippen LogP contribution in [0.4, 0.5) is 0 Å². The first-order valence-electron chi connectivity index (χ1n) is 7.08. The molecule has 0 spiro atoms. The minimum absolute atomic E-state index is 0.0193. The number of aliphatic carboxylic acids is 1. The maximum absolute atomic E-state index is 11.3. The molecule has 0 aromatic heterocycles. The number of rotatable bonds is 10. The molecular formula is C14H27NO3. The van der Waals surface area contributed by atoms with Gasteiger partial charge in [-0.05, 0) is 39.2 Å². The Bertz CT molecular complexity index is 266. The third-order valence-electron chi connectivity index (χ3n) is 3.56. The summed E-state index contributed by atoms with van der Waals surface area (Å²) in [6.07, 6.45) is 5.21. The molecule has 0 amide bonds. The molecule has 4 heteroatoms. The highest BCUT2D eigenvalue weighted by Crippen LogP contribution is 2.32. The molecule has 2 unspecified atom stereocenters. The zero-order valence-electron chi connectivity index (χ0n) is 11.9. The van der Waals surface area contributed by atoms with Gasteiger partial charge < -0.3 is 15.2 Å². The van der Waals surface area contributed by atoms with Crippen molar-refractivity contribution < 1.29 is 14.6 Å². The molecule has 18 heavy (non-hydrogen) atoms. The Morgan fingerprint density at radius 2 is 2.22 bits per heavy atom. The number of hydrogen-bond donors (Lipinski definition) is 2. The molecule has 0 bridgehead atoms. The van der Waals surface area contributed by atoms with Crippen LogP contribution in [0.25, 0.3) is 0 Å². The average Bonchev–Trinajstić information content (AvgIpc) is 3.10. The van der Waals surface area contributed by atoms with E-state index in [2.05, 4.69) is 5.32 Å². The second kappa shape index (κ2) is 7.10. The van der Waals surface area contributed by atoms with E-state index in [4.69, 9.17) is 4.74 Å². The SMILES string of the molecule is CCCNC(C)(CC(C)OCCC1CC1)C(=O)O. The van der Waals surface area contributed by atoms with Gasteiger partial charge in [-0.15, -0.1) is 0 Å². The van der Waals surface area contributed by atoms with Crippen LogP contribution in [0.15, 0.2) is 0 Å². The van der Waals surface area contributed by atoms with E-state index in [1.807, 2.05) is 13.8 Å². The Balaban J connectivity index is 2.30. The van der Waals surface area contributed by atoms with Gasteiger partial charge in [-0.2, -0.15) is 0 Å². The van der Waals surface area contributed by atoms with E-state index < -0.39 is 11.5 Å². The van der Waals surface area contributed by atoms with E-state index in [-0.39, 0.29) is 6.10 Å². The summed E-state index contributed by atoms with van der Waals surface area (Å²) in [5.41, 5.74) is -0.880. The molecule has 0 aromatic carbocycles. The molecule has 1 aliphatic carbocycles. The molecule has 0 aliphatic heterocycles. The van der Waals surface area contributed by atoms with Gasteiger partial charge in [-0.3, -0.25) is 4.79 Å². The van der Waals surface area contributed by atoms with Crippen molar-refractivity contribution in [1.29, 1.82) is 0 Å². The monoisotopic (exact) mass is 257 g/mol. The number of hydrogen-bond acceptors (Lipinski definition) is 3. The number of nitrogens with one attached hydrogen (secondary N) is 1. The Hall–Kier alpha value is -0.610. The normalized spacial score (nSPS) is 20.4. The summed E-state index contributed by atoms with van der Waals surface area (Å²) in [5.74, 6) is 0.0647. The average molecular weight is 257 g/mol. The van der Waals surface area contributed by atoms with Gasteiger partial charge in [0.25, 0.3) is 0 Å². The number of carbonyl (C=O) groups is 1. The van der Waals surface area contributed by atoms with Crippen LogP contribution in [-0.4, -0.2) is 35.9 Å². The molecule has 0 radical (unpaired) electrons. The van der Waals surface area contributed by atoms with Crippen molar-refractivity contribution in [1.82, 2.24) is 5.32 Å². The standard InChI is InChI=1S/C14H27NO3/c1-4-8-15-14(3,13(16)17)10-11(2)18-9-7-12-5-6-12/h11-12,15H,4-10H2,1-3H3,(H,16,17). The smallest absolute Gasteiger partial charge is 0.323 e. The summed E-state index contributed by atoms with van der Waals surface area (Å²) >= 11 is 0. The minimum atomic E-state index is -0.880. The summed E-state index contributed by atoms with van der Waals surface area (Å²) in [7, 11) is 0. The molecule has 106 valence electrons. The molecule has 4 nitrogen and oxygen atoms in total. The van der Waals surface area contributed by atoms with Gasteiger partial charge in [0, 0.05) is 13.0 Å². The summed E-state index contributed by atoms with van der Waals surface area (Å²) in [5, 5.41) is 12.4. The lowest BCUT2D eigenvalue weighted by Crippen LogP contribution is -2.51. The first kappa shape index (κ1) is 15.4. The highest BCUT2D eigenvalue weighted by atomic mass is 16.5. The zero-order chi connectivity index (χ0) is 13.6. The van der Waals surface area contributed by atoms with Crippen LogP contribution in [0.5, 0.6) is 0 Å². The Morgan fingerprint density at radius 1 is 1.56 bits per heavy atom. The third-order valence-corrected chi connectivity index (χ3v) is 3.56. The lowest BCUT2D eigenvalue weighted by atomic mass is 9.94. The lowest BCUT2D eigenvalue weighted by Gasteiger charge is -2.29. The molecule has 1 rings (SSSR count). The fourth-order valence-corrected chi connectivity index (χ4v) is 2.11. The topological polar surface area (TPSA) is 58.6 Å². The van der Waals surface area contributed by atoms with E-state index in [1.54, 1.807) is 6.92 Å². The molecular weight excluding hydrogens is 230 g/mol. The van der Waals surface area contributed by atoms with Crippen molar-refractivity contribution in [3.8, 4) is 0 Å². The largest absolute Gasteiger partial charge is 0.480 e. The summed E-state index contributed by atoms with van der Waals surface area (Å²) in [4.78, 5) is 11.3. The van der Waals surface area contributed by atoms with Gasteiger partial charge in [0.15, 0.2) is 0 Å². The molecule has 0 saturated heterocycles. The van der Waals surface area contributed by atoms with Crippen LogP contribution >= 0.6 is 0 Å². The Labute approximate surface area is 110 Å². The Kier molecular flexibility index (Phi) is 6.09. The van der Waals surface area contributed by atoms with E-state index in [0.29, 0.717) is 6.42 Å². The van der Waals surface area contributed by atoms with Crippen molar-refractivity contribution in [2.24, 2.45) is 5.92 Å². The predicted octanol–water partition coefficient (Wildman–Crippen LogP) is 2.42. The van der Waals surface area contributed by atoms with Gasteiger partial charge in [0.05, 0.1) is 6.10 Å². The van der Waals surface area contributed by atoms with Crippen LogP contribution in [0.2, 0.25) is 0 Å². The molecule has 0 heterocycles. The van der Waals surface area contributed by atoms with Crippen LogP contribution in [0.3, 0.4) is 0 Å². The van der Waals surface area contributed by atoms with Crippen LogP contribution in [0, 0.1) is 5.92 Å². The second-order valence-corrected chi connectivity index (χ2v) is 5.68. The summed E-state index contributed by atoms with van der Waals surface area (Å²) in [6.45, 7) is 7.21. The van der Waals surface area contributed by atoms with E-state index in [0.717, 1.165) is 31.9 Å². The van der Waals surface area contributed by atoms with Crippen LogP contribution in [0.1, 0.15) is 52.9 Å². The molecule has 1 fully saturated rings. The number of ether oxygens (including phenoxy) is 1. The lowest BCUT2D eigenvalue weighted by molar-refractivity contribution is -0.146. The van der Waals surface area contributed by atoms with Crippen molar-refractivity contribution >= 4 is 5.97 Å². The Morgan fingerprint density at radius 3 is 2.72 bits per heavy atom. The second-order valence-electron chi connectivity index (χ2n) is 5.68. The van der Waals surface area contributed by atoms with E-state index >= 15 is 0 Å². The summed E-state index contributed by atoms with van der Waals surface area (Å²) in [6, 6.07) is 0. The van der Waals surface area contributed by atoms with Gasteiger partial charge >= 0.3 is 5.97 Å². The molecule has 2 atom stereocenters. The van der Waals surface area contributed by atoms with Crippen LogP contribution < -0.4 is 5.32 Å². The van der Waals surface area contributed by atoms with Crippen molar-refractivity contribution in [2.75, 3.05) is 13.2 Å². The van der Waals surface area contributed by atoms with Gasteiger partial charge in [0.2, 0.25) is 0 Å². The molecule has 0 aromatic rings. The third kappa shape index (κ3) is 5.36. The molecule has 1 aliphatic rings. The van der Waals surface area contributed by atoms with Crippen molar-refractivity contribution in [3.05, 3.63) is 0 Å². The fraction of sp³-hybridized carbons (Fsp3) is 0.929. The van der Waals surface area contributed by atoms with Gasteiger partial charge in [0.1, 0.15) is 5.54 Å². The first-order valence-corrected chi connectivity index (χ1v) is 7.08. The quantitative estimate of drug-likeness (QED) is 0.631. The highest BCUT2D eigenvalue weighted by Gasteiger charge is 2.34. The fourth-order valence-electron chi connectivity index (χ4n) is 2.11. The van der Waals surface area contributed by atoms with Crippen molar-refractivity contribution in [3.63, 3.8) is 0 Å². The first-order chi connectivity index (χ1) is 8.48. The maximum atomic E-state index is 11.3. The minimum Gasteiger partial charge on any atom is -0.480 e. The van der Waals surface area contributed by atoms with E-state index in [9.17, 15) is 9.90 Å². The van der Waals surface area contributed by atoms with Gasteiger partial charge in [-0.25, -0.2) is 0 Å². The number of carboxylic acid groups (broad SMARTS) is 1. The molecule has 2 N–H and O–H groups in total. The number of carboxylic acids is 1. The van der Waals surface area contributed by atoms with Crippen LogP contribution in [-0.2, 0) is 9.53 Å². The zero-order valence-corrected chi connectivity index (χ0v) is 11.9. The van der Waals surface area contributed by atoms with Gasteiger partial charge in [-0.1, -0.05) is 19.8 Å². The predicted molar refractivity (Wildman–Crippen MR) is 71.7 cm³/mol. The highest BCUT2D eigenvalue weighted by molar-refractivity contribution is 5.78.